The van der Waals surface area contributed by atoms with Crippen molar-refractivity contribution < 1.29 is 14.0 Å². The Balaban J connectivity index is 1.45. The number of piperidine rings is 1. The highest BCUT2D eigenvalue weighted by Crippen LogP contribution is 2.21. The van der Waals surface area contributed by atoms with Gasteiger partial charge in [-0.05, 0) is 57.0 Å². The van der Waals surface area contributed by atoms with Crippen molar-refractivity contribution in [2.75, 3.05) is 13.1 Å². The molecule has 0 saturated carbocycles. The van der Waals surface area contributed by atoms with E-state index in [0.29, 0.717) is 24.4 Å². The number of benzene rings is 1. The van der Waals surface area contributed by atoms with Crippen LogP contribution in [0.4, 0.5) is 0 Å². The van der Waals surface area contributed by atoms with Crippen LogP contribution < -0.4 is 5.32 Å². The van der Waals surface area contributed by atoms with E-state index in [1.54, 1.807) is 17.0 Å². The van der Waals surface area contributed by atoms with Crippen LogP contribution in [0.2, 0.25) is 0 Å². The summed E-state index contributed by atoms with van der Waals surface area (Å²) in [6, 6.07) is 11.2. The Labute approximate surface area is 163 Å². The summed E-state index contributed by atoms with van der Waals surface area (Å²) in [4.78, 5) is 31.6. The third kappa shape index (κ3) is 3.63. The Morgan fingerprint density at radius 1 is 1.14 bits per heavy atom. The average molecular weight is 377 g/mol. The monoisotopic (exact) mass is 377 g/mol. The maximum Gasteiger partial charge on any atom is 0.289 e. The van der Waals surface area contributed by atoms with Crippen LogP contribution in [0, 0.1) is 13.8 Å². The Hall–Kier alpha value is -3.15. The molecule has 1 aliphatic heterocycles. The number of nitrogens with one attached hydrogen (secondary N) is 1. The van der Waals surface area contributed by atoms with E-state index in [9.17, 15) is 9.59 Å². The number of furan rings is 1. The first-order chi connectivity index (χ1) is 13.5. The molecule has 1 saturated heterocycles. The van der Waals surface area contributed by atoms with Gasteiger partial charge in [0, 0.05) is 30.2 Å². The van der Waals surface area contributed by atoms with E-state index in [1.807, 2.05) is 38.1 Å². The first kappa shape index (κ1) is 18.2. The molecule has 3 aromatic rings. The normalized spacial score (nSPS) is 15.0. The second-order valence-electron chi connectivity index (χ2n) is 7.35. The number of aryl methyl sites for hydroxylation is 2. The quantitative estimate of drug-likeness (QED) is 0.758. The van der Waals surface area contributed by atoms with Gasteiger partial charge in [-0.15, -0.1) is 0 Å². The lowest BCUT2D eigenvalue weighted by atomic mass is 10.0. The first-order valence-corrected chi connectivity index (χ1v) is 9.53. The summed E-state index contributed by atoms with van der Waals surface area (Å²) in [7, 11) is 0. The number of hydrogen-bond donors (Lipinski definition) is 1. The van der Waals surface area contributed by atoms with Gasteiger partial charge in [0.25, 0.3) is 11.8 Å². The predicted molar refractivity (Wildman–Crippen MR) is 106 cm³/mol. The molecule has 6 nitrogen and oxygen atoms in total. The van der Waals surface area contributed by atoms with Crippen LogP contribution in [-0.4, -0.2) is 40.8 Å². The Morgan fingerprint density at radius 3 is 2.64 bits per heavy atom. The second kappa shape index (κ2) is 7.46. The highest BCUT2D eigenvalue weighted by atomic mass is 16.3. The van der Waals surface area contributed by atoms with E-state index in [4.69, 9.17) is 4.42 Å². The van der Waals surface area contributed by atoms with Crippen LogP contribution in [0.15, 0.2) is 47.1 Å². The molecule has 2 aromatic heterocycles. The Kier molecular flexibility index (Phi) is 4.86. The lowest BCUT2D eigenvalue weighted by Gasteiger charge is -2.32. The minimum absolute atomic E-state index is 0.0430. The molecule has 1 N–H and O–H groups in total. The molecular weight excluding hydrogens is 354 g/mol. The molecule has 0 radical (unpaired) electrons. The minimum Gasteiger partial charge on any atom is -0.459 e. The van der Waals surface area contributed by atoms with E-state index in [2.05, 4.69) is 10.3 Å². The number of nitrogens with zero attached hydrogens (tertiary/aromatic N) is 2. The minimum atomic E-state index is -0.0963. The summed E-state index contributed by atoms with van der Waals surface area (Å²) >= 11 is 0. The van der Waals surface area contributed by atoms with Gasteiger partial charge in [0.05, 0.1) is 17.3 Å². The van der Waals surface area contributed by atoms with E-state index < -0.39 is 0 Å². The number of aromatic nitrogens is 1. The highest BCUT2D eigenvalue weighted by molar-refractivity contribution is 6.06. The molecule has 0 atom stereocenters. The molecule has 2 amide bonds. The van der Waals surface area contributed by atoms with Crippen LogP contribution in [0.3, 0.4) is 0 Å². The zero-order chi connectivity index (χ0) is 19.7. The molecular formula is C22H23N3O3. The summed E-state index contributed by atoms with van der Waals surface area (Å²) in [6.07, 6.45) is 2.95. The zero-order valence-electron chi connectivity index (χ0n) is 16.1. The van der Waals surface area contributed by atoms with Crippen LogP contribution >= 0.6 is 0 Å². The Bertz CT molecular complexity index is 1020. The van der Waals surface area contributed by atoms with Crippen molar-refractivity contribution in [3.8, 4) is 0 Å². The van der Waals surface area contributed by atoms with E-state index in [0.717, 1.165) is 35.0 Å². The first-order valence-electron chi connectivity index (χ1n) is 9.53. The number of pyridine rings is 1. The summed E-state index contributed by atoms with van der Waals surface area (Å²) in [5.74, 6) is 0.175. The average Bonchev–Trinajstić information content (AvgIpc) is 3.22. The van der Waals surface area contributed by atoms with E-state index >= 15 is 0 Å². The Morgan fingerprint density at radius 2 is 1.93 bits per heavy atom. The van der Waals surface area contributed by atoms with Crippen LogP contribution in [0.25, 0.3) is 10.9 Å². The fraction of sp³-hybridized carbons (Fsp3) is 0.318. The molecule has 144 valence electrons. The lowest BCUT2D eigenvalue weighted by molar-refractivity contribution is 0.0667. The fourth-order valence-electron chi connectivity index (χ4n) is 3.71. The second-order valence-corrected chi connectivity index (χ2v) is 7.35. The van der Waals surface area contributed by atoms with Gasteiger partial charge < -0.3 is 14.6 Å². The highest BCUT2D eigenvalue weighted by Gasteiger charge is 2.26. The summed E-state index contributed by atoms with van der Waals surface area (Å²) in [6.45, 7) is 5.10. The van der Waals surface area contributed by atoms with Crippen molar-refractivity contribution in [1.82, 2.24) is 15.2 Å². The number of fused-ring (bicyclic) bond motifs is 1. The molecule has 28 heavy (non-hydrogen) atoms. The fourth-order valence-corrected chi connectivity index (χ4v) is 3.71. The third-order valence-electron chi connectivity index (χ3n) is 5.19. The molecule has 0 spiro atoms. The standard InChI is InChI=1S/C22H23N3O3/c1-14-5-6-19-17(12-14)18(13-15(2)23-19)21(26)24-16-7-9-25(10-8-16)22(27)20-4-3-11-28-20/h3-6,11-13,16H,7-10H2,1-2H3,(H,24,26). The SMILES string of the molecule is Cc1ccc2nc(C)cc(C(=O)NC3CCN(C(=O)c4ccco4)CC3)c2c1. The molecule has 1 aliphatic rings. The molecule has 1 aromatic carbocycles. The van der Waals surface area contributed by atoms with Gasteiger partial charge in [0.1, 0.15) is 0 Å². The molecule has 1 fully saturated rings. The van der Waals surface area contributed by atoms with E-state index in [-0.39, 0.29) is 17.9 Å². The number of carbonyl (C=O) groups excluding carboxylic acids is 2. The summed E-state index contributed by atoms with van der Waals surface area (Å²) in [5, 5.41) is 4.01. The van der Waals surface area contributed by atoms with Crippen LogP contribution in [-0.2, 0) is 0 Å². The summed E-state index contributed by atoms with van der Waals surface area (Å²) < 4.78 is 5.19. The molecule has 0 aliphatic carbocycles. The predicted octanol–water partition coefficient (Wildman–Crippen LogP) is 3.48. The van der Waals surface area contributed by atoms with Crippen molar-refractivity contribution in [2.24, 2.45) is 0 Å². The number of amides is 2. The molecule has 0 unspecified atom stereocenters. The van der Waals surface area contributed by atoms with Crippen LogP contribution in [0.1, 0.15) is 45.0 Å². The third-order valence-corrected chi connectivity index (χ3v) is 5.19. The molecule has 0 bridgehead atoms. The van der Waals surface area contributed by atoms with Crippen molar-refractivity contribution in [1.29, 1.82) is 0 Å². The van der Waals surface area contributed by atoms with Gasteiger partial charge in [0.2, 0.25) is 0 Å². The number of carbonyl (C=O) groups is 2. The maximum absolute atomic E-state index is 13.0. The molecule has 6 heteroatoms. The molecule has 3 heterocycles. The smallest absolute Gasteiger partial charge is 0.289 e. The van der Waals surface area contributed by atoms with Crippen molar-refractivity contribution in [3.63, 3.8) is 0 Å². The molecule has 4 rings (SSSR count). The van der Waals surface area contributed by atoms with Gasteiger partial charge in [-0.2, -0.15) is 0 Å². The van der Waals surface area contributed by atoms with Crippen molar-refractivity contribution >= 4 is 22.7 Å². The maximum atomic E-state index is 13.0. The van der Waals surface area contributed by atoms with Gasteiger partial charge >= 0.3 is 0 Å². The largest absolute Gasteiger partial charge is 0.459 e. The van der Waals surface area contributed by atoms with Gasteiger partial charge in [-0.25, -0.2) is 0 Å². The van der Waals surface area contributed by atoms with Gasteiger partial charge in [-0.3, -0.25) is 14.6 Å². The van der Waals surface area contributed by atoms with E-state index in [1.165, 1.54) is 6.26 Å². The van der Waals surface area contributed by atoms with Crippen molar-refractivity contribution in [3.05, 3.63) is 65.2 Å². The zero-order valence-corrected chi connectivity index (χ0v) is 16.1. The van der Waals surface area contributed by atoms with Crippen molar-refractivity contribution in [2.45, 2.75) is 32.7 Å². The number of rotatable bonds is 3. The number of likely N-dealkylation sites (tertiary alicyclic amines) is 1. The van der Waals surface area contributed by atoms with Crippen LogP contribution in [0.5, 0.6) is 0 Å². The number of hydrogen-bond acceptors (Lipinski definition) is 4. The lowest BCUT2D eigenvalue weighted by Crippen LogP contribution is -2.46. The topological polar surface area (TPSA) is 75.4 Å². The van der Waals surface area contributed by atoms with Gasteiger partial charge in [0.15, 0.2) is 5.76 Å². The van der Waals surface area contributed by atoms with Gasteiger partial charge in [-0.1, -0.05) is 11.6 Å². The summed E-state index contributed by atoms with van der Waals surface area (Å²) in [5.41, 5.74) is 3.40.